The van der Waals surface area contributed by atoms with Crippen molar-refractivity contribution < 1.29 is 0 Å². The number of nitrogens with zero attached hydrogens (tertiary/aromatic N) is 2. The highest BCUT2D eigenvalue weighted by Gasteiger charge is 2.19. The third kappa shape index (κ3) is 3.31. The van der Waals surface area contributed by atoms with Crippen LogP contribution in [0.1, 0.15) is 18.4 Å². The summed E-state index contributed by atoms with van der Waals surface area (Å²) in [5.41, 5.74) is 1.29. The molecule has 0 saturated carbocycles. The maximum Gasteiger partial charge on any atom is 0.0656 e. The van der Waals surface area contributed by atoms with Gasteiger partial charge in [0, 0.05) is 21.4 Å². The van der Waals surface area contributed by atoms with E-state index in [9.17, 15) is 0 Å². The van der Waals surface area contributed by atoms with E-state index >= 15 is 0 Å². The first-order valence-electron chi connectivity index (χ1n) is 5.75. The van der Waals surface area contributed by atoms with Crippen molar-refractivity contribution in [3.05, 3.63) is 32.7 Å². The maximum absolute atomic E-state index is 8.87. The highest BCUT2D eigenvalue weighted by molar-refractivity contribution is 9.11. The Morgan fingerprint density at radius 2 is 1.82 bits per heavy atom. The van der Waals surface area contributed by atoms with E-state index in [0.29, 0.717) is 0 Å². The second-order valence-corrected chi connectivity index (χ2v) is 6.09. The number of hydrogen-bond donors (Lipinski definition) is 0. The van der Waals surface area contributed by atoms with Gasteiger partial charge in [0.05, 0.1) is 6.07 Å². The SMILES string of the molecule is N#CC1CCN(Cc2c(Br)cccc2Br)CC1. The average Bonchev–Trinajstić information content (AvgIpc) is 2.35. The summed E-state index contributed by atoms with van der Waals surface area (Å²) in [5, 5.41) is 8.87. The molecule has 1 saturated heterocycles. The Morgan fingerprint density at radius 3 is 2.35 bits per heavy atom. The molecule has 4 heteroatoms. The Bertz CT molecular complexity index is 411. The minimum Gasteiger partial charge on any atom is -0.299 e. The fourth-order valence-corrected chi connectivity index (χ4v) is 3.38. The van der Waals surface area contributed by atoms with Crippen molar-refractivity contribution >= 4 is 31.9 Å². The van der Waals surface area contributed by atoms with Crippen molar-refractivity contribution in [1.29, 1.82) is 5.26 Å². The number of nitriles is 1. The van der Waals surface area contributed by atoms with E-state index in [-0.39, 0.29) is 5.92 Å². The fraction of sp³-hybridized carbons (Fsp3) is 0.462. The largest absolute Gasteiger partial charge is 0.299 e. The normalized spacial score (nSPS) is 17.9. The number of rotatable bonds is 2. The number of benzene rings is 1. The summed E-state index contributed by atoms with van der Waals surface area (Å²) in [6.07, 6.45) is 2.00. The van der Waals surface area contributed by atoms with E-state index in [1.165, 1.54) is 5.56 Å². The lowest BCUT2D eigenvalue weighted by Gasteiger charge is -2.29. The quantitative estimate of drug-likeness (QED) is 0.801. The monoisotopic (exact) mass is 356 g/mol. The number of likely N-dealkylation sites (tertiary alicyclic amines) is 1. The van der Waals surface area contributed by atoms with Gasteiger partial charge in [0.1, 0.15) is 0 Å². The van der Waals surface area contributed by atoms with Crippen molar-refractivity contribution in [2.75, 3.05) is 13.1 Å². The minimum atomic E-state index is 0.258. The lowest BCUT2D eigenvalue weighted by molar-refractivity contribution is 0.197. The second kappa shape index (κ2) is 5.99. The summed E-state index contributed by atoms with van der Waals surface area (Å²) in [6, 6.07) is 8.54. The molecule has 17 heavy (non-hydrogen) atoms. The van der Waals surface area contributed by atoms with E-state index in [1.54, 1.807) is 0 Å². The molecule has 1 aliphatic rings. The first-order chi connectivity index (χ1) is 8.20. The molecule has 0 spiro atoms. The molecule has 2 rings (SSSR count). The van der Waals surface area contributed by atoms with Crippen molar-refractivity contribution in [2.45, 2.75) is 19.4 Å². The van der Waals surface area contributed by atoms with Crippen LogP contribution < -0.4 is 0 Å². The molecule has 1 heterocycles. The van der Waals surface area contributed by atoms with Gasteiger partial charge in [-0.25, -0.2) is 0 Å². The van der Waals surface area contributed by atoms with Crippen LogP contribution >= 0.6 is 31.9 Å². The maximum atomic E-state index is 8.87. The van der Waals surface area contributed by atoms with E-state index < -0.39 is 0 Å². The van der Waals surface area contributed by atoms with Gasteiger partial charge >= 0.3 is 0 Å². The van der Waals surface area contributed by atoms with Crippen LogP contribution in [0.15, 0.2) is 27.1 Å². The molecular formula is C13H14Br2N2. The third-order valence-corrected chi connectivity index (χ3v) is 4.70. The summed E-state index contributed by atoms with van der Waals surface area (Å²) in [4.78, 5) is 2.42. The van der Waals surface area contributed by atoms with Crippen LogP contribution in [-0.4, -0.2) is 18.0 Å². The highest BCUT2D eigenvalue weighted by atomic mass is 79.9. The van der Waals surface area contributed by atoms with Gasteiger partial charge in [0.2, 0.25) is 0 Å². The van der Waals surface area contributed by atoms with Gasteiger partial charge in [0.15, 0.2) is 0 Å². The molecule has 90 valence electrons. The van der Waals surface area contributed by atoms with Crippen LogP contribution in [0.4, 0.5) is 0 Å². The molecule has 2 nitrogen and oxygen atoms in total. The van der Waals surface area contributed by atoms with Crippen LogP contribution in [0.2, 0.25) is 0 Å². The molecule has 0 aromatic heterocycles. The lowest BCUT2D eigenvalue weighted by Crippen LogP contribution is -2.32. The Morgan fingerprint density at radius 1 is 1.24 bits per heavy atom. The summed E-state index contributed by atoms with van der Waals surface area (Å²) in [7, 11) is 0. The Balaban J connectivity index is 2.01. The van der Waals surface area contributed by atoms with E-state index in [2.05, 4.69) is 55.0 Å². The van der Waals surface area contributed by atoms with Gasteiger partial charge in [-0.1, -0.05) is 37.9 Å². The van der Waals surface area contributed by atoms with Crippen molar-refractivity contribution in [2.24, 2.45) is 5.92 Å². The van der Waals surface area contributed by atoms with E-state index in [4.69, 9.17) is 5.26 Å². The molecule has 0 N–H and O–H groups in total. The van der Waals surface area contributed by atoms with E-state index in [0.717, 1.165) is 41.4 Å². The average molecular weight is 358 g/mol. The predicted octanol–water partition coefficient (Wildman–Crippen LogP) is 3.95. The zero-order valence-corrected chi connectivity index (χ0v) is 12.7. The molecule has 0 unspecified atom stereocenters. The zero-order valence-electron chi connectivity index (χ0n) is 9.50. The van der Waals surface area contributed by atoms with Gasteiger partial charge in [0.25, 0.3) is 0 Å². The van der Waals surface area contributed by atoms with E-state index in [1.807, 2.05) is 6.07 Å². The molecule has 1 aliphatic heterocycles. The van der Waals surface area contributed by atoms with Crippen LogP contribution in [0.5, 0.6) is 0 Å². The standard InChI is InChI=1S/C13H14Br2N2/c14-12-2-1-3-13(15)11(12)9-17-6-4-10(8-16)5-7-17/h1-3,10H,4-7,9H2. The molecule has 1 fully saturated rings. The van der Waals surface area contributed by atoms with Gasteiger partial charge in [-0.2, -0.15) is 5.26 Å². The molecule has 1 aromatic carbocycles. The lowest BCUT2D eigenvalue weighted by atomic mass is 9.98. The highest BCUT2D eigenvalue weighted by Crippen LogP contribution is 2.28. The van der Waals surface area contributed by atoms with Crippen molar-refractivity contribution in [1.82, 2.24) is 4.90 Å². The summed E-state index contributed by atoms with van der Waals surface area (Å²) in [6.45, 7) is 2.98. The topological polar surface area (TPSA) is 27.0 Å². The zero-order chi connectivity index (χ0) is 12.3. The van der Waals surface area contributed by atoms with Crippen LogP contribution in [-0.2, 0) is 6.54 Å². The molecule has 0 bridgehead atoms. The Hall–Kier alpha value is -0.370. The summed E-state index contributed by atoms with van der Waals surface area (Å²) >= 11 is 7.18. The molecule has 0 radical (unpaired) electrons. The second-order valence-electron chi connectivity index (χ2n) is 4.38. The number of halogens is 2. The first kappa shape index (κ1) is 13.1. The molecule has 1 aromatic rings. The van der Waals surface area contributed by atoms with Crippen molar-refractivity contribution in [3.63, 3.8) is 0 Å². The molecule has 0 amide bonds. The summed E-state index contributed by atoms with van der Waals surface area (Å²) < 4.78 is 2.29. The fourth-order valence-electron chi connectivity index (χ4n) is 2.13. The van der Waals surface area contributed by atoms with Crippen LogP contribution in [0, 0.1) is 17.2 Å². The smallest absolute Gasteiger partial charge is 0.0656 e. The summed E-state index contributed by atoms with van der Waals surface area (Å²) in [5.74, 6) is 0.258. The molecule has 0 aliphatic carbocycles. The van der Waals surface area contributed by atoms with Crippen LogP contribution in [0.3, 0.4) is 0 Å². The van der Waals surface area contributed by atoms with Crippen LogP contribution in [0.25, 0.3) is 0 Å². The Kier molecular flexibility index (Phi) is 4.61. The number of hydrogen-bond acceptors (Lipinski definition) is 2. The van der Waals surface area contributed by atoms with Gasteiger partial charge in [-0.05, 0) is 43.6 Å². The van der Waals surface area contributed by atoms with Gasteiger partial charge in [-0.15, -0.1) is 0 Å². The van der Waals surface area contributed by atoms with Gasteiger partial charge < -0.3 is 0 Å². The predicted molar refractivity (Wildman–Crippen MR) is 75.5 cm³/mol. The molecular weight excluding hydrogens is 344 g/mol. The minimum absolute atomic E-state index is 0.258. The van der Waals surface area contributed by atoms with Crippen molar-refractivity contribution in [3.8, 4) is 6.07 Å². The van der Waals surface area contributed by atoms with Gasteiger partial charge in [-0.3, -0.25) is 4.90 Å². The molecule has 0 atom stereocenters. The Labute approximate surface area is 119 Å². The third-order valence-electron chi connectivity index (χ3n) is 3.21. The number of piperidine rings is 1. The first-order valence-corrected chi connectivity index (χ1v) is 7.34.